The van der Waals surface area contributed by atoms with Crippen LogP contribution in [0, 0.1) is 6.92 Å². The molecule has 4 rings (SSSR count). The van der Waals surface area contributed by atoms with Crippen LogP contribution in [0.25, 0.3) is 0 Å². The van der Waals surface area contributed by atoms with Crippen LogP contribution < -0.4 is 20.9 Å². The van der Waals surface area contributed by atoms with E-state index in [1.807, 2.05) is 25.1 Å². The monoisotopic (exact) mass is 472 g/mol. The van der Waals surface area contributed by atoms with E-state index in [1.54, 1.807) is 0 Å². The minimum atomic E-state index is 0.377. The second kappa shape index (κ2) is 10.2. The first-order valence-corrected chi connectivity index (χ1v) is 12.3. The van der Waals surface area contributed by atoms with Gasteiger partial charge in [0.2, 0.25) is 5.95 Å². The summed E-state index contributed by atoms with van der Waals surface area (Å²) in [7, 11) is 4.14. The van der Waals surface area contributed by atoms with Crippen LogP contribution in [-0.4, -0.2) is 41.3 Å². The predicted octanol–water partition coefficient (Wildman–Crippen LogP) is 5.09. The number of rotatable bonds is 5. The summed E-state index contributed by atoms with van der Waals surface area (Å²) < 4.78 is 0. The van der Waals surface area contributed by atoms with Gasteiger partial charge < -0.3 is 20.9 Å². The van der Waals surface area contributed by atoms with Gasteiger partial charge in [0.1, 0.15) is 5.82 Å². The molecule has 0 spiro atoms. The van der Waals surface area contributed by atoms with E-state index in [-0.39, 0.29) is 0 Å². The van der Waals surface area contributed by atoms with Gasteiger partial charge in [-0.2, -0.15) is 4.98 Å². The minimum Gasteiger partial charge on any atom is -0.362 e. The second-order valence-electron chi connectivity index (χ2n) is 9.15. The van der Waals surface area contributed by atoms with Gasteiger partial charge in [-0.15, -0.1) is 0 Å². The summed E-state index contributed by atoms with van der Waals surface area (Å²) in [6.07, 6.45) is 8.85. The highest BCUT2D eigenvalue weighted by Gasteiger charge is 2.24. The summed E-state index contributed by atoms with van der Waals surface area (Å²) in [5.41, 5.74) is 4.62. The molecule has 0 atom stereocenters. The quantitative estimate of drug-likeness (QED) is 0.523. The first-order valence-electron chi connectivity index (χ1n) is 11.6. The maximum absolute atomic E-state index is 6.05. The van der Waals surface area contributed by atoms with Crippen LogP contribution >= 0.6 is 23.8 Å². The third-order valence-electron chi connectivity index (χ3n) is 6.42. The normalized spacial score (nSPS) is 20.2. The Bertz CT molecular complexity index is 971. The van der Waals surface area contributed by atoms with Crippen LogP contribution in [-0.2, 0) is 12.8 Å². The molecule has 172 valence electrons. The molecule has 1 aromatic heterocycles. The Kier molecular flexibility index (Phi) is 7.36. The molecular weight excluding hydrogens is 440 g/mol. The summed E-state index contributed by atoms with van der Waals surface area (Å²) in [5.74, 6) is 1.85. The molecule has 2 aromatic rings. The van der Waals surface area contributed by atoms with Crippen molar-refractivity contribution in [1.29, 1.82) is 0 Å². The summed E-state index contributed by atoms with van der Waals surface area (Å²) in [6.45, 7) is 2.03. The molecule has 1 heterocycles. The Morgan fingerprint density at radius 2 is 1.78 bits per heavy atom. The van der Waals surface area contributed by atoms with E-state index < -0.39 is 0 Å². The molecular formula is C24H33ClN6S. The summed E-state index contributed by atoms with van der Waals surface area (Å²) in [5, 5.41) is 11.8. The van der Waals surface area contributed by atoms with Crippen LogP contribution in [0.3, 0.4) is 0 Å². The van der Waals surface area contributed by atoms with Gasteiger partial charge in [-0.25, -0.2) is 4.98 Å². The number of hydrogen-bond acceptors (Lipinski definition) is 5. The summed E-state index contributed by atoms with van der Waals surface area (Å²) >= 11 is 11.6. The number of hydrogen-bond donors (Lipinski definition) is 3. The number of aromatic nitrogens is 2. The molecule has 0 amide bonds. The van der Waals surface area contributed by atoms with Crippen molar-refractivity contribution in [3.05, 3.63) is 40.0 Å². The van der Waals surface area contributed by atoms with Gasteiger partial charge in [0.15, 0.2) is 5.11 Å². The number of thiocarbonyl (C=S) groups is 1. The van der Waals surface area contributed by atoms with Crippen molar-refractivity contribution in [2.75, 3.05) is 29.6 Å². The number of fused-ring (bicyclic) bond motifs is 1. The molecule has 2 aliphatic rings. The lowest BCUT2D eigenvalue weighted by atomic mass is 9.91. The van der Waals surface area contributed by atoms with E-state index in [2.05, 4.69) is 34.9 Å². The zero-order valence-electron chi connectivity index (χ0n) is 19.2. The average molecular weight is 473 g/mol. The highest BCUT2D eigenvalue weighted by atomic mass is 35.5. The van der Waals surface area contributed by atoms with Crippen molar-refractivity contribution in [3.8, 4) is 0 Å². The van der Waals surface area contributed by atoms with Crippen LogP contribution in [0.4, 0.5) is 17.5 Å². The molecule has 1 saturated carbocycles. The average Bonchev–Trinajstić information content (AvgIpc) is 2.76. The smallest absolute Gasteiger partial charge is 0.225 e. The van der Waals surface area contributed by atoms with E-state index >= 15 is 0 Å². The van der Waals surface area contributed by atoms with E-state index in [9.17, 15) is 0 Å². The van der Waals surface area contributed by atoms with E-state index in [4.69, 9.17) is 33.8 Å². The minimum absolute atomic E-state index is 0.377. The first-order chi connectivity index (χ1) is 15.4. The van der Waals surface area contributed by atoms with E-state index in [0.29, 0.717) is 17.2 Å². The highest BCUT2D eigenvalue weighted by Crippen LogP contribution is 2.29. The zero-order valence-corrected chi connectivity index (χ0v) is 20.7. The molecule has 0 radical (unpaired) electrons. The molecule has 32 heavy (non-hydrogen) atoms. The van der Waals surface area contributed by atoms with Gasteiger partial charge >= 0.3 is 0 Å². The molecule has 0 bridgehead atoms. The van der Waals surface area contributed by atoms with E-state index in [0.717, 1.165) is 66.6 Å². The fraction of sp³-hybridized carbons (Fsp3) is 0.542. The van der Waals surface area contributed by atoms with Crippen LogP contribution in [0.2, 0.25) is 5.02 Å². The number of halogens is 1. The van der Waals surface area contributed by atoms with Crippen molar-refractivity contribution in [2.45, 2.75) is 70.4 Å². The lowest BCUT2D eigenvalue weighted by molar-refractivity contribution is 0.387. The number of benzene rings is 1. The second-order valence-corrected chi connectivity index (χ2v) is 9.99. The van der Waals surface area contributed by atoms with Gasteiger partial charge in [-0.1, -0.05) is 11.6 Å². The van der Waals surface area contributed by atoms with Crippen molar-refractivity contribution >= 4 is 46.4 Å². The Morgan fingerprint density at radius 3 is 2.50 bits per heavy atom. The fourth-order valence-corrected chi connectivity index (χ4v) is 5.19. The number of aryl methyl sites for hydroxylation is 2. The lowest BCUT2D eigenvalue weighted by Crippen LogP contribution is -2.42. The number of nitrogens with zero attached hydrogens (tertiary/aromatic N) is 3. The maximum Gasteiger partial charge on any atom is 0.225 e. The Hall–Kier alpha value is -2.12. The molecule has 0 saturated heterocycles. The molecule has 1 aromatic carbocycles. The standard InChI is InChI=1S/C24H33ClN6S/c1-15-14-16(25)8-13-20(15)29-24(32)27-18-11-9-17(10-12-18)26-23-28-21-7-5-4-6-19(21)22(30-23)31(2)3/h8,13-14,17-18H,4-7,9-12H2,1-3H3,(H,26,28,30)(H2,27,29,32)/t17-,18+. The van der Waals surface area contributed by atoms with Crippen molar-refractivity contribution < 1.29 is 0 Å². The maximum atomic E-state index is 6.05. The molecule has 3 N–H and O–H groups in total. The Morgan fingerprint density at radius 1 is 1.06 bits per heavy atom. The topological polar surface area (TPSA) is 65.1 Å². The van der Waals surface area contributed by atoms with Gasteiger partial charge in [0, 0.05) is 42.5 Å². The van der Waals surface area contributed by atoms with Crippen molar-refractivity contribution in [2.24, 2.45) is 0 Å². The summed E-state index contributed by atoms with van der Waals surface area (Å²) in [4.78, 5) is 11.8. The molecule has 8 heteroatoms. The largest absolute Gasteiger partial charge is 0.362 e. The molecule has 1 fully saturated rings. The molecule has 2 aliphatic carbocycles. The number of nitrogens with one attached hydrogen (secondary N) is 3. The van der Waals surface area contributed by atoms with Crippen molar-refractivity contribution in [1.82, 2.24) is 15.3 Å². The number of anilines is 3. The first kappa shape index (κ1) is 23.1. The third-order valence-corrected chi connectivity index (χ3v) is 6.87. The SMILES string of the molecule is Cc1cc(Cl)ccc1NC(=S)N[C@H]1CC[C@@H](Nc2nc3c(c(N(C)C)n2)CCCC3)CC1. The Labute approximate surface area is 201 Å². The van der Waals surface area contributed by atoms with Crippen LogP contribution in [0.5, 0.6) is 0 Å². The van der Waals surface area contributed by atoms with Gasteiger partial charge in [-0.05, 0) is 94.3 Å². The van der Waals surface area contributed by atoms with Gasteiger partial charge in [-0.3, -0.25) is 0 Å². The lowest BCUT2D eigenvalue weighted by Gasteiger charge is -2.31. The molecule has 0 unspecified atom stereocenters. The molecule has 6 nitrogen and oxygen atoms in total. The van der Waals surface area contributed by atoms with Crippen LogP contribution in [0.15, 0.2) is 18.2 Å². The van der Waals surface area contributed by atoms with Crippen molar-refractivity contribution in [3.63, 3.8) is 0 Å². The zero-order chi connectivity index (χ0) is 22.7. The molecule has 0 aliphatic heterocycles. The fourth-order valence-electron chi connectivity index (χ4n) is 4.68. The van der Waals surface area contributed by atoms with Crippen LogP contribution in [0.1, 0.15) is 55.3 Å². The highest BCUT2D eigenvalue weighted by molar-refractivity contribution is 7.80. The Balaban J connectivity index is 1.30. The van der Waals surface area contributed by atoms with E-state index in [1.165, 1.54) is 24.1 Å². The third kappa shape index (κ3) is 5.62. The van der Waals surface area contributed by atoms with Gasteiger partial charge in [0.05, 0.1) is 5.69 Å². The van der Waals surface area contributed by atoms with Gasteiger partial charge in [0.25, 0.3) is 0 Å². The summed E-state index contributed by atoms with van der Waals surface area (Å²) in [6, 6.07) is 6.55. The predicted molar refractivity (Wildman–Crippen MR) is 138 cm³/mol.